The molecule has 20 heavy (non-hydrogen) atoms. The fraction of sp³-hybridized carbons (Fsp3) is 0.562. The van der Waals surface area contributed by atoms with Crippen molar-refractivity contribution < 1.29 is 14.3 Å². The van der Waals surface area contributed by atoms with E-state index >= 15 is 0 Å². The predicted molar refractivity (Wildman–Crippen MR) is 79.6 cm³/mol. The highest BCUT2D eigenvalue weighted by Gasteiger charge is 2.10. The second-order valence-electron chi connectivity index (χ2n) is 4.77. The van der Waals surface area contributed by atoms with Crippen LogP contribution in [0.3, 0.4) is 0 Å². The number of para-hydroxylation sites is 1. The lowest BCUT2D eigenvalue weighted by atomic mass is 10.1. The average Bonchev–Trinajstić information content (AvgIpc) is 2.46. The van der Waals surface area contributed by atoms with Crippen molar-refractivity contribution in [3.8, 4) is 5.75 Å². The van der Waals surface area contributed by atoms with Crippen molar-refractivity contribution in [3.63, 3.8) is 0 Å². The smallest absolute Gasteiger partial charge is 0.221 e. The first-order valence-corrected chi connectivity index (χ1v) is 7.23. The van der Waals surface area contributed by atoms with Gasteiger partial charge in [0.15, 0.2) is 0 Å². The molecule has 0 bridgehead atoms. The fourth-order valence-electron chi connectivity index (χ4n) is 2.01. The molecule has 0 saturated carbocycles. The third-order valence-electron chi connectivity index (χ3n) is 3.00. The standard InChI is InChI=1S/C16H25NO3/c1-3-8-14(20-15-9-5-4-6-10-15)11-7-12-16(18)17-13-19-2/h4-6,9-10,14H,3,7-8,11-13H2,1-2H3,(H,17,18). The zero-order chi connectivity index (χ0) is 14.6. The summed E-state index contributed by atoms with van der Waals surface area (Å²) in [6.45, 7) is 2.42. The van der Waals surface area contributed by atoms with Crippen LogP contribution < -0.4 is 10.1 Å². The molecule has 1 unspecified atom stereocenters. The van der Waals surface area contributed by atoms with E-state index in [1.165, 1.54) is 0 Å². The molecular weight excluding hydrogens is 254 g/mol. The summed E-state index contributed by atoms with van der Waals surface area (Å²) >= 11 is 0. The molecular formula is C16H25NO3. The number of nitrogens with one attached hydrogen (secondary N) is 1. The Morgan fingerprint density at radius 1 is 1.25 bits per heavy atom. The molecule has 1 aromatic rings. The lowest BCUT2D eigenvalue weighted by molar-refractivity contribution is -0.122. The van der Waals surface area contributed by atoms with E-state index in [0.29, 0.717) is 6.42 Å². The molecule has 1 amide bonds. The van der Waals surface area contributed by atoms with E-state index in [9.17, 15) is 4.79 Å². The van der Waals surface area contributed by atoms with Crippen LogP contribution in [-0.4, -0.2) is 25.9 Å². The quantitative estimate of drug-likeness (QED) is 0.669. The molecule has 1 rings (SSSR count). The zero-order valence-corrected chi connectivity index (χ0v) is 12.4. The van der Waals surface area contributed by atoms with Gasteiger partial charge in [-0.05, 0) is 31.4 Å². The SMILES string of the molecule is CCCC(CCCC(=O)NCOC)Oc1ccccc1. The second kappa shape index (κ2) is 10.3. The molecule has 1 atom stereocenters. The number of hydrogen-bond donors (Lipinski definition) is 1. The Hall–Kier alpha value is -1.55. The Morgan fingerprint density at radius 2 is 2.00 bits per heavy atom. The molecule has 0 fully saturated rings. The fourth-order valence-corrected chi connectivity index (χ4v) is 2.01. The van der Waals surface area contributed by atoms with Gasteiger partial charge >= 0.3 is 0 Å². The first-order chi connectivity index (χ1) is 9.76. The van der Waals surface area contributed by atoms with E-state index in [2.05, 4.69) is 12.2 Å². The van der Waals surface area contributed by atoms with Crippen LogP contribution in [0.4, 0.5) is 0 Å². The van der Waals surface area contributed by atoms with Gasteiger partial charge in [0, 0.05) is 13.5 Å². The van der Waals surface area contributed by atoms with Crippen LogP contribution in [0.1, 0.15) is 39.0 Å². The highest BCUT2D eigenvalue weighted by Crippen LogP contribution is 2.17. The number of benzene rings is 1. The van der Waals surface area contributed by atoms with E-state index in [0.717, 1.165) is 31.4 Å². The van der Waals surface area contributed by atoms with Gasteiger partial charge in [-0.25, -0.2) is 0 Å². The Balaban J connectivity index is 2.30. The van der Waals surface area contributed by atoms with E-state index in [1.807, 2.05) is 30.3 Å². The normalized spacial score (nSPS) is 11.9. The largest absolute Gasteiger partial charge is 0.490 e. The summed E-state index contributed by atoms with van der Waals surface area (Å²) in [4.78, 5) is 11.5. The topological polar surface area (TPSA) is 47.6 Å². The first-order valence-electron chi connectivity index (χ1n) is 7.23. The number of carbonyl (C=O) groups is 1. The maximum atomic E-state index is 11.5. The van der Waals surface area contributed by atoms with Crippen molar-refractivity contribution in [1.29, 1.82) is 0 Å². The maximum absolute atomic E-state index is 11.5. The van der Waals surface area contributed by atoms with Crippen LogP contribution in [0, 0.1) is 0 Å². The Labute approximate surface area is 121 Å². The van der Waals surface area contributed by atoms with Crippen molar-refractivity contribution in [3.05, 3.63) is 30.3 Å². The summed E-state index contributed by atoms with van der Waals surface area (Å²) in [6, 6.07) is 9.84. The molecule has 0 aromatic heterocycles. The Morgan fingerprint density at radius 3 is 2.65 bits per heavy atom. The number of amides is 1. The molecule has 0 saturated heterocycles. The third kappa shape index (κ3) is 7.14. The number of rotatable bonds is 10. The number of carbonyl (C=O) groups excluding carboxylic acids is 1. The van der Waals surface area contributed by atoms with Gasteiger partial charge in [-0.3, -0.25) is 4.79 Å². The molecule has 0 spiro atoms. The maximum Gasteiger partial charge on any atom is 0.221 e. The molecule has 4 heteroatoms. The van der Waals surface area contributed by atoms with Gasteiger partial charge < -0.3 is 14.8 Å². The Bertz CT molecular complexity index is 367. The lowest BCUT2D eigenvalue weighted by Crippen LogP contribution is -2.25. The summed E-state index contributed by atoms with van der Waals surface area (Å²) < 4.78 is 10.8. The molecule has 112 valence electrons. The highest BCUT2D eigenvalue weighted by atomic mass is 16.5. The average molecular weight is 279 g/mol. The highest BCUT2D eigenvalue weighted by molar-refractivity contribution is 5.75. The lowest BCUT2D eigenvalue weighted by Gasteiger charge is -2.18. The number of methoxy groups -OCH3 is 1. The molecule has 0 aliphatic carbocycles. The summed E-state index contributed by atoms with van der Waals surface area (Å²) in [5.41, 5.74) is 0. The van der Waals surface area contributed by atoms with Crippen molar-refractivity contribution in [2.75, 3.05) is 13.8 Å². The second-order valence-corrected chi connectivity index (χ2v) is 4.77. The van der Waals surface area contributed by atoms with Crippen LogP contribution in [0.2, 0.25) is 0 Å². The van der Waals surface area contributed by atoms with Crippen molar-refractivity contribution >= 4 is 5.91 Å². The van der Waals surface area contributed by atoms with Crippen LogP contribution in [-0.2, 0) is 9.53 Å². The Kier molecular flexibility index (Phi) is 8.47. The van der Waals surface area contributed by atoms with Crippen LogP contribution in [0.15, 0.2) is 30.3 Å². The third-order valence-corrected chi connectivity index (χ3v) is 3.00. The van der Waals surface area contributed by atoms with Gasteiger partial charge in [-0.2, -0.15) is 0 Å². The zero-order valence-electron chi connectivity index (χ0n) is 12.4. The van der Waals surface area contributed by atoms with Crippen LogP contribution >= 0.6 is 0 Å². The van der Waals surface area contributed by atoms with E-state index < -0.39 is 0 Å². The number of hydrogen-bond acceptors (Lipinski definition) is 3. The van der Waals surface area contributed by atoms with Gasteiger partial charge in [0.1, 0.15) is 12.5 Å². The number of ether oxygens (including phenoxy) is 2. The molecule has 0 heterocycles. The summed E-state index contributed by atoms with van der Waals surface area (Å²) in [5.74, 6) is 0.927. The van der Waals surface area contributed by atoms with E-state index in [-0.39, 0.29) is 18.7 Å². The minimum atomic E-state index is 0.0295. The van der Waals surface area contributed by atoms with Crippen molar-refractivity contribution in [2.24, 2.45) is 0 Å². The van der Waals surface area contributed by atoms with Gasteiger partial charge in [0.2, 0.25) is 5.91 Å². The molecule has 1 N–H and O–H groups in total. The minimum absolute atomic E-state index is 0.0295. The van der Waals surface area contributed by atoms with Crippen LogP contribution in [0.5, 0.6) is 5.75 Å². The van der Waals surface area contributed by atoms with Gasteiger partial charge in [-0.15, -0.1) is 0 Å². The van der Waals surface area contributed by atoms with E-state index in [1.54, 1.807) is 7.11 Å². The van der Waals surface area contributed by atoms with Gasteiger partial charge in [0.25, 0.3) is 0 Å². The molecule has 0 radical (unpaired) electrons. The molecule has 0 aliphatic rings. The monoisotopic (exact) mass is 279 g/mol. The predicted octanol–water partition coefficient (Wildman–Crippen LogP) is 3.12. The minimum Gasteiger partial charge on any atom is -0.490 e. The summed E-state index contributed by atoms with van der Waals surface area (Å²) in [5, 5.41) is 2.69. The summed E-state index contributed by atoms with van der Waals surface area (Å²) in [6.07, 6.45) is 4.50. The van der Waals surface area contributed by atoms with Crippen molar-refractivity contribution in [2.45, 2.75) is 45.1 Å². The van der Waals surface area contributed by atoms with E-state index in [4.69, 9.17) is 9.47 Å². The van der Waals surface area contributed by atoms with Gasteiger partial charge in [0.05, 0.1) is 6.10 Å². The molecule has 1 aromatic carbocycles. The first kappa shape index (κ1) is 16.5. The summed E-state index contributed by atoms with van der Waals surface area (Å²) in [7, 11) is 1.56. The van der Waals surface area contributed by atoms with Crippen LogP contribution in [0.25, 0.3) is 0 Å². The van der Waals surface area contributed by atoms with Crippen molar-refractivity contribution in [1.82, 2.24) is 5.32 Å². The molecule has 4 nitrogen and oxygen atoms in total. The van der Waals surface area contributed by atoms with Gasteiger partial charge in [-0.1, -0.05) is 31.5 Å². The molecule has 0 aliphatic heterocycles.